The Bertz CT molecular complexity index is 515. The number of rotatable bonds is 6. The molecule has 1 atom stereocenters. The van der Waals surface area contributed by atoms with Crippen LogP contribution in [0.15, 0.2) is 24.3 Å². The van der Waals surface area contributed by atoms with E-state index in [4.69, 9.17) is 10.2 Å². The summed E-state index contributed by atoms with van der Waals surface area (Å²) in [6, 6.07) is 5.24. The van der Waals surface area contributed by atoms with Gasteiger partial charge in [0.1, 0.15) is 6.04 Å². The van der Waals surface area contributed by atoms with Crippen molar-refractivity contribution in [1.29, 1.82) is 0 Å². The number of carboxylic acid groups (broad SMARTS) is 2. The predicted octanol–water partition coefficient (Wildman–Crippen LogP) is 0.722. The maximum Gasteiger partial charge on any atom is 0.326 e. The molecule has 0 fully saturated rings. The summed E-state index contributed by atoms with van der Waals surface area (Å²) in [4.78, 5) is 32.8. The van der Waals surface area contributed by atoms with Crippen molar-refractivity contribution in [2.24, 2.45) is 0 Å². The number of urea groups is 1. The molecular weight excluding hydrogens is 264 g/mol. The first kappa shape index (κ1) is 15.5. The van der Waals surface area contributed by atoms with E-state index >= 15 is 0 Å². The SMILES string of the molecule is Cc1ccccc1CNC(=O)N[C@H](CC(=O)O)C(=O)O. The van der Waals surface area contributed by atoms with Crippen LogP contribution >= 0.6 is 0 Å². The molecule has 1 rings (SSSR count). The van der Waals surface area contributed by atoms with Gasteiger partial charge in [-0.15, -0.1) is 0 Å². The van der Waals surface area contributed by atoms with Gasteiger partial charge in [-0.1, -0.05) is 24.3 Å². The van der Waals surface area contributed by atoms with Crippen molar-refractivity contribution in [2.75, 3.05) is 0 Å². The Balaban J connectivity index is 2.52. The minimum atomic E-state index is -1.45. The summed E-state index contributed by atoms with van der Waals surface area (Å²) in [6.45, 7) is 2.12. The number of hydrogen-bond donors (Lipinski definition) is 4. The fourth-order valence-corrected chi connectivity index (χ4v) is 1.57. The van der Waals surface area contributed by atoms with Crippen molar-refractivity contribution in [3.8, 4) is 0 Å². The average molecular weight is 280 g/mol. The van der Waals surface area contributed by atoms with Gasteiger partial charge in [0, 0.05) is 6.54 Å². The Kier molecular flexibility index (Phi) is 5.52. The van der Waals surface area contributed by atoms with Crippen molar-refractivity contribution in [3.05, 3.63) is 35.4 Å². The van der Waals surface area contributed by atoms with E-state index in [2.05, 4.69) is 10.6 Å². The smallest absolute Gasteiger partial charge is 0.326 e. The average Bonchev–Trinajstić information content (AvgIpc) is 2.36. The molecule has 7 heteroatoms. The second kappa shape index (κ2) is 7.13. The van der Waals surface area contributed by atoms with Crippen molar-refractivity contribution in [2.45, 2.75) is 25.9 Å². The number of hydrogen-bond acceptors (Lipinski definition) is 3. The summed E-state index contributed by atoms with van der Waals surface area (Å²) in [5, 5.41) is 21.9. The molecule has 0 spiro atoms. The predicted molar refractivity (Wildman–Crippen MR) is 70.2 cm³/mol. The minimum absolute atomic E-state index is 0.234. The lowest BCUT2D eigenvalue weighted by atomic mass is 10.1. The van der Waals surface area contributed by atoms with Crippen LogP contribution in [0.4, 0.5) is 4.79 Å². The Morgan fingerprint density at radius 2 is 1.85 bits per heavy atom. The van der Waals surface area contributed by atoms with Crippen molar-refractivity contribution in [3.63, 3.8) is 0 Å². The normalized spacial score (nSPS) is 11.4. The number of carbonyl (C=O) groups excluding carboxylic acids is 1. The van der Waals surface area contributed by atoms with Gasteiger partial charge < -0.3 is 20.8 Å². The largest absolute Gasteiger partial charge is 0.481 e. The number of nitrogens with one attached hydrogen (secondary N) is 2. The second-order valence-electron chi connectivity index (χ2n) is 4.24. The molecule has 7 nitrogen and oxygen atoms in total. The maximum atomic E-state index is 11.5. The molecule has 0 heterocycles. The Labute approximate surface area is 115 Å². The lowest BCUT2D eigenvalue weighted by Crippen LogP contribution is -2.46. The molecule has 108 valence electrons. The van der Waals surface area contributed by atoms with Gasteiger partial charge in [0.15, 0.2) is 0 Å². The first-order valence-electron chi connectivity index (χ1n) is 5.93. The molecule has 0 aromatic heterocycles. The highest BCUT2D eigenvalue weighted by molar-refractivity contribution is 5.86. The van der Waals surface area contributed by atoms with Crippen molar-refractivity contribution in [1.82, 2.24) is 10.6 Å². The monoisotopic (exact) mass is 280 g/mol. The Morgan fingerprint density at radius 1 is 1.20 bits per heavy atom. The summed E-state index contributed by atoms with van der Waals surface area (Å²) in [6.07, 6.45) is -0.673. The third-order valence-corrected chi connectivity index (χ3v) is 2.68. The molecule has 4 N–H and O–H groups in total. The van der Waals surface area contributed by atoms with E-state index < -0.39 is 30.4 Å². The molecule has 0 aliphatic carbocycles. The lowest BCUT2D eigenvalue weighted by Gasteiger charge is -2.14. The molecule has 0 aliphatic heterocycles. The first-order chi connectivity index (χ1) is 9.40. The number of benzene rings is 1. The molecule has 0 radical (unpaired) electrons. The van der Waals surface area contributed by atoms with Crippen LogP contribution in [-0.4, -0.2) is 34.2 Å². The van der Waals surface area contributed by atoms with Gasteiger partial charge in [-0.3, -0.25) is 4.79 Å². The third kappa shape index (κ3) is 4.97. The zero-order valence-corrected chi connectivity index (χ0v) is 10.9. The number of carbonyl (C=O) groups is 3. The molecular formula is C13H16N2O5. The van der Waals surface area contributed by atoms with Gasteiger partial charge in [-0.25, -0.2) is 9.59 Å². The number of aliphatic carboxylic acids is 2. The van der Waals surface area contributed by atoms with Crippen LogP contribution in [0.3, 0.4) is 0 Å². The summed E-state index contributed by atoms with van der Waals surface area (Å²) in [5.74, 6) is -2.69. The minimum Gasteiger partial charge on any atom is -0.481 e. The van der Waals surface area contributed by atoms with Crippen LogP contribution in [0.5, 0.6) is 0 Å². The van der Waals surface area contributed by atoms with Crippen LogP contribution in [0, 0.1) is 6.92 Å². The molecule has 1 aromatic rings. The fourth-order valence-electron chi connectivity index (χ4n) is 1.57. The van der Waals surface area contributed by atoms with Gasteiger partial charge >= 0.3 is 18.0 Å². The molecule has 0 saturated carbocycles. The van der Waals surface area contributed by atoms with Gasteiger partial charge in [-0.2, -0.15) is 0 Å². The van der Waals surface area contributed by atoms with E-state index in [0.29, 0.717) is 0 Å². The molecule has 0 bridgehead atoms. The highest BCUT2D eigenvalue weighted by atomic mass is 16.4. The Morgan fingerprint density at radius 3 is 2.40 bits per heavy atom. The molecule has 2 amide bonds. The zero-order valence-electron chi connectivity index (χ0n) is 10.9. The van der Waals surface area contributed by atoms with E-state index in [1.54, 1.807) is 0 Å². The lowest BCUT2D eigenvalue weighted by molar-refractivity contribution is -0.145. The molecule has 1 aromatic carbocycles. The summed E-state index contributed by atoms with van der Waals surface area (Å²) in [5.41, 5.74) is 1.89. The van der Waals surface area contributed by atoms with Gasteiger partial charge in [0.2, 0.25) is 0 Å². The van der Waals surface area contributed by atoms with Crippen LogP contribution in [0.25, 0.3) is 0 Å². The van der Waals surface area contributed by atoms with E-state index in [-0.39, 0.29) is 6.54 Å². The van der Waals surface area contributed by atoms with Crippen LogP contribution in [0.1, 0.15) is 17.5 Å². The molecule has 0 saturated heterocycles. The third-order valence-electron chi connectivity index (χ3n) is 2.68. The summed E-state index contributed by atoms with van der Waals surface area (Å²) in [7, 11) is 0. The van der Waals surface area contributed by atoms with Crippen LogP contribution in [-0.2, 0) is 16.1 Å². The van der Waals surface area contributed by atoms with E-state index in [9.17, 15) is 14.4 Å². The zero-order chi connectivity index (χ0) is 15.1. The number of carboxylic acids is 2. The molecule has 20 heavy (non-hydrogen) atoms. The fraction of sp³-hybridized carbons (Fsp3) is 0.308. The van der Waals surface area contributed by atoms with E-state index in [0.717, 1.165) is 11.1 Å². The summed E-state index contributed by atoms with van der Waals surface area (Å²) < 4.78 is 0. The van der Waals surface area contributed by atoms with Crippen molar-refractivity contribution < 1.29 is 24.6 Å². The highest BCUT2D eigenvalue weighted by Gasteiger charge is 2.22. The summed E-state index contributed by atoms with van der Waals surface area (Å²) >= 11 is 0. The second-order valence-corrected chi connectivity index (χ2v) is 4.24. The van der Waals surface area contributed by atoms with E-state index in [1.807, 2.05) is 31.2 Å². The van der Waals surface area contributed by atoms with Crippen LogP contribution in [0.2, 0.25) is 0 Å². The van der Waals surface area contributed by atoms with E-state index in [1.165, 1.54) is 0 Å². The molecule has 0 aliphatic rings. The number of amides is 2. The quantitative estimate of drug-likeness (QED) is 0.613. The first-order valence-corrected chi connectivity index (χ1v) is 5.93. The molecule has 0 unspecified atom stereocenters. The number of aryl methyl sites for hydroxylation is 1. The van der Waals surface area contributed by atoms with Gasteiger partial charge in [-0.05, 0) is 18.1 Å². The van der Waals surface area contributed by atoms with Gasteiger partial charge in [0.25, 0.3) is 0 Å². The topological polar surface area (TPSA) is 116 Å². The van der Waals surface area contributed by atoms with Crippen LogP contribution < -0.4 is 10.6 Å². The van der Waals surface area contributed by atoms with Crippen molar-refractivity contribution >= 4 is 18.0 Å². The highest BCUT2D eigenvalue weighted by Crippen LogP contribution is 2.05. The maximum absolute atomic E-state index is 11.5. The standard InChI is InChI=1S/C13H16N2O5/c1-8-4-2-3-5-9(8)7-14-13(20)15-10(12(18)19)6-11(16)17/h2-5,10H,6-7H2,1H3,(H,16,17)(H,18,19)(H2,14,15,20)/t10-/m1/s1. The van der Waals surface area contributed by atoms with Gasteiger partial charge in [0.05, 0.1) is 6.42 Å². The Hall–Kier alpha value is -2.57.